The lowest BCUT2D eigenvalue weighted by Crippen LogP contribution is -2.33. The van der Waals surface area contributed by atoms with Crippen LogP contribution in [-0.2, 0) is 41.7 Å². The van der Waals surface area contributed by atoms with Crippen molar-refractivity contribution in [3.8, 4) is 0 Å². The molecule has 1 aliphatic rings. The first kappa shape index (κ1) is 25.0. The van der Waals surface area contributed by atoms with Crippen molar-refractivity contribution in [3.63, 3.8) is 0 Å². The Hall–Kier alpha value is -3.11. The summed E-state index contributed by atoms with van der Waals surface area (Å²) in [5.41, 5.74) is 4.69. The zero-order valence-electron chi connectivity index (χ0n) is 21.5. The van der Waals surface area contributed by atoms with Gasteiger partial charge in [0.15, 0.2) is 5.82 Å². The Bertz CT molecular complexity index is 1170. The van der Waals surface area contributed by atoms with E-state index in [2.05, 4.69) is 46.9 Å². The predicted molar refractivity (Wildman–Crippen MR) is 133 cm³/mol. The SMILES string of the molecule is CC(C)CC(=O)Nc1cccc(CNC(c2c3c(nn2C)CCOC3)c2nnnn2C(C)(C)C)c1. The molecule has 0 spiro atoms. The second-order valence-corrected chi connectivity index (χ2v) is 10.5. The van der Waals surface area contributed by atoms with Crippen molar-refractivity contribution in [1.82, 2.24) is 35.3 Å². The summed E-state index contributed by atoms with van der Waals surface area (Å²) in [5, 5.41) is 24.2. The van der Waals surface area contributed by atoms with E-state index < -0.39 is 0 Å². The number of tetrazole rings is 1. The van der Waals surface area contributed by atoms with Crippen LogP contribution < -0.4 is 10.6 Å². The number of nitrogens with one attached hydrogen (secondary N) is 2. The number of rotatable bonds is 8. The number of carbonyl (C=O) groups excluding carboxylic acids is 1. The summed E-state index contributed by atoms with van der Waals surface area (Å²) >= 11 is 0. The highest BCUT2D eigenvalue weighted by molar-refractivity contribution is 5.90. The molecule has 1 aromatic carbocycles. The van der Waals surface area contributed by atoms with Crippen LogP contribution in [0.1, 0.15) is 75.4 Å². The van der Waals surface area contributed by atoms with E-state index in [0.717, 1.165) is 40.4 Å². The van der Waals surface area contributed by atoms with E-state index in [9.17, 15) is 4.79 Å². The minimum Gasteiger partial charge on any atom is -0.376 e. The van der Waals surface area contributed by atoms with E-state index in [-0.39, 0.29) is 17.5 Å². The van der Waals surface area contributed by atoms with Gasteiger partial charge in [0, 0.05) is 37.7 Å². The Kier molecular flexibility index (Phi) is 7.32. The third-order valence-electron chi connectivity index (χ3n) is 5.98. The van der Waals surface area contributed by atoms with E-state index in [1.807, 2.05) is 54.5 Å². The number of aryl methyl sites for hydroxylation is 1. The number of carbonyl (C=O) groups is 1. The highest BCUT2D eigenvalue weighted by atomic mass is 16.5. The summed E-state index contributed by atoms with van der Waals surface area (Å²) in [6.07, 6.45) is 1.28. The van der Waals surface area contributed by atoms with Crippen LogP contribution in [0.25, 0.3) is 0 Å². The first-order chi connectivity index (χ1) is 16.6. The molecule has 0 radical (unpaired) electrons. The van der Waals surface area contributed by atoms with E-state index in [1.165, 1.54) is 0 Å². The molecule has 0 saturated carbocycles. The maximum atomic E-state index is 12.2. The van der Waals surface area contributed by atoms with Crippen molar-refractivity contribution in [1.29, 1.82) is 0 Å². The van der Waals surface area contributed by atoms with Gasteiger partial charge in [-0.25, -0.2) is 4.68 Å². The van der Waals surface area contributed by atoms with Gasteiger partial charge in [0.1, 0.15) is 6.04 Å². The maximum absolute atomic E-state index is 12.2. The van der Waals surface area contributed by atoms with Crippen LogP contribution in [0.2, 0.25) is 0 Å². The van der Waals surface area contributed by atoms with Gasteiger partial charge in [-0.15, -0.1) is 5.10 Å². The van der Waals surface area contributed by atoms with Gasteiger partial charge in [0.05, 0.1) is 30.1 Å². The maximum Gasteiger partial charge on any atom is 0.224 e. The lowest BCUT2D eigenvalue weighted by atomic mass is 10.0. The lowest BCUT2D eigenvalue weighted by Gasteiger charge is -2.26. The fourth-order valence-corrected chi connectivity index (χ4v) is 4.42. The molecule has 188 valence electrons. The van der Waals surface area contributed by atoms with Gasteiger partial charge in [-0.1, -0.05) is 26.0 Å². The highest BCUT2D eigenvalue weighted by Crippen LogP contribution is 2.30. The standard InChI is InChI=1S/C25H36N8O2/c1-16(2)12-21(34)27-18-9-7-8-17(13-18)14-26-22(24-28-30-31-33(24)25(3,4)5)23-19-15-35-11-10-20(19)29-32(23)6/h7-9,13,16,22,26H,10-12,14-15H2,1-6H3,(H,27,34). The molecule has 35 heavy (non-hydrogen) atoms. The number of amides is 1. The molecule has 2 aromatic heterocycles. The smallest absolute Gasteiger partial charge is 0.224 e. The van der Waals surface area contributed by atoms with E-state index >= 15 is 0 Å². The second-order valence-electron chi connectivity index (χ2n) is 10.5. The van der Waals surface area contributed by atoms with Crippen molar-refractivity contribution in [2.24, 2.45) is 13.0 Å². The van der Waals surface area contributed by atoms with Gasteiger partial charge in [0.25, 0.3) is 0 Å². The average Bonchev–Trinajstić information content (AvgIpc) is 3.39. The minimum atomic E-state index is -0.300. The van der Waals surface area contributed by atoms with Crippen LogP contribution in [0.15, 0.2) is 24.3 Å². The fraction of sp³-hybridized carbons (Fsp3) is 0.560. The van der Waals surface area contributed by atoms with Crippen LogP contribution in [0, 0.1) is 5.92 Å². The minimum absolute atomic E-state index is 0.0221. The van der Waals surface area contributed by atoms with Crippen molar-refractivity contribution in [2.75, 3.05) is 11.9 Å². The van der Waals surface area contributed by atoms with Crippen LogP contribution >= 0.6 is 0 Å². The first-order valence-corrected chi connectivity index (χ1v) is 12.2. The van der Waals surface area contributed by atoms with Crippen molar-refractivity contribution in [3.05, 3.63) is 52.6 Å². The average molecular weight is 481 g/mol. The molecule has 1 atom stereocenters. The Morgan fingerprint density at radius 1 is 1.26 bits per heavy atom. The normalized spacial score (nSPS) is 14.7. The number of hydrogen-bond donors (Lipinski definition) is 2. The number of hydrogen-bond acceptors (Lipinski definition) is 7. The van der Waals surface area contributed by atoms with Gasteiger partial charge < -0.3 is 10.1 Å². The van der Waals surface area contributed by atoms with E-state index in [4.69, 9.17) is 9.84 Å². The molecule has 0 saturated heterocycles. The largest absolute Gasteiger partial charge is 0.376 e. The number of benzene rings is 1. The summed E-state index contributed by atoms with van der Waals surface area (Å²) in [6, 6.07) is 7.60. The predicted octanol–water partition coefficient (Wildman–Crippen LogP) is 3.10. The number of fused-ring (bicyclic) bond motifs is 1. The summed E-state index contributed by atoms with van der Waals surface area (Å²) in [6.45, 7) is 12.1. The zero-order chi connectivity index (χ0) is 25.2. The molecular weight excluding hydrogens is 444 g/mol. The number of nitrogens with zero attached hydrogens (tertiary/aromatic N) is 6. The van der Waals surface area contributed by atoms with Gasteiger partial charge in [-0.3, -0.25) is 14.8 Å². The van der Waals surface area contributed by atoms with Crippen molar-refractivity contribution < 1.29 is 9.53 Å². The first-order valence-electron chi connectivity index (χ1n) is 12.2. The summed E-state index contributed by atoms with van der Waals surface area (Å²) in [4.78, 5) is 12.2. The van der Waals surface area contributed by atoms with Crippen LogP contribution in [0.3, 0.4) is 0 Å². The van der Waals surface area contributed by atoms with Crippen LogP contribution in [0.5, 0.6) is 0 Å². The molecule has 10 heteroatoms. The summed E-state index contributed by atoms with van der Waals surface area (Å²) in [7, 11) is 1.96. The number of ether oxygens (including phenoxy) is 1. The molecule has 0 fully saturated rings. The highest BCUT2D eigenvalue weighted by Gasteiger charge is 2.32. The second kappa shape index (κ2) is 10.2. The Morgan fingerprint density at radius 2 is 2.06 bits per heavy atom. The number of anilines is 1. The Balaban J connectivity index is 1.64. The van der Waals surface area contributed by atoms with Crippen molar-refractivity contribution >= 4 is 11.6 Å². The Morgan fingerprint density at radius 3 is 2.80 bits per heavy atom. The molecule has 3 heterocycles. The molecule has 2 N–H and O–H groups in total. The number of aromatic nitrogens is 6. The quantitative estimate of drug-likeness (QED) is 0.509. The molecule has 3 aromatic rings. The van der Waals surface area contributed by atoms with Gasteiger partial charge in [0.2, 0.25) is 5.91 Å². The zero-order valence-corrected chi connectivity index (χ0v) is 21.5. The van der Waals surface area contributed by atoms with Crippen LogP contribution in [0.4, 0.5) is 5.69 Å². The molecule has 1 aliphatic heterocycles. The molecular formula is C25H36N8O2. The monoisotopic (exact) mass is 480 g/mol. The van der Waals surface area contributed by atoms with Crippen molar-refractivity contribution in [2.45, 2.75) is 72.2 Å². The molecule has 0 bridgehead atoms. The van der Waals surface area contributed by atoms with E-state index in [1.54, 1.807) is 0 Å². The molecule has 1 amide bonds. The Labute approximate surface area is 206 Å². The third-order valence-corrected chi connectivity index (χ3v) is 5.98. The third kappa shape index (κ3) is 5.76. The van der Waals surface area contributed by atoms with Gasteiger partial charge in [-0.2, -0.15) is 5.10 Å². The molecule has 10 nitrogen and oxygen atoms in total. The fourth-order valence-electron chi connectivity index (χ4n) is 4.42. The lowest BCUT2D eigenvalue weighted by molar-refractivity contribution is -0.116. The van der Waals surface area contributed by atoms with Crippen LogP contribution in [-0.4, -0.2) is 42.5 Å². The summed E-state index contributed by atoms with van der Waals surface area (Å²) in [5.74, 6) is 1.05. The molecule has 0 aliphatic carbocycles. The molecule has 4 rings (SSSR count). The summed E-state index contributed by atoms with van der Waals surface area (Å²) < 4.78 is 9.55. The molecule has 1 unspecified atom stereocenters. The van der Waals surface area contributed by atoms with Gasteiger partial charge >= 0.3 is 0 Å². The topological polar surface area (TPSA) is 112 Å². The van der Waals surface area contributed by atoms with Gasteiger partial charge in [-0.05, 0) is 54.8 Å². The van der Waals surface area contributed by atoms with E-state index in [0.29, 0.717) is 32.1 Å².